The smallest absolute Gasteiger partial charge is 0.206 e. The molecule has 0 heterocycles. The average molecular weight is 661 g/mol. The van der Waals surface area contributed by atoms with Gasteiger partial charge in [-0.25, -0.2) is 8.42 Å². The Morgan fingerprint density at radius 3 is 1.46 bits per heavy atom. The summed E-state index contributed by atoms with van der Waals surface area (Å²) in [7, 11) is -3.57. The molecule has 238 valence electrons. The minimum absolute atomic E-state index is 0.288. The highest BCUT2D eigenvalue weighted by molar-refractivity contribution is 7.91. The van der Waals surface area contributed by atoms with E-state index in [9.17, 15) is 8.42 Å². The van der Waals surface area contributed by atoms with Crippen molar-refractivity contribution >= 4 is 20.6 Å². The fourth-order valence-electron chi connectivity index (χ4n) is 7.95. The van der Waals surface area contributed by atoms with Crippen LogP contribution in [0.25, 0.3) is 44.2 Å². The lowest BCUT2D eigenvalue weighted by atomic mass is 9.59. The SMILES string of the molecule is O=S(=O)(c1ccccc1)c1ccc(-c2ccc(-c3ccc4c5c(cccc35)C(c3ccccc3)(c3ccccc3)c3ccccc3-4)cc2)cc1. The standard InChI is InChI=1S/C47H32O2S/c48-50(49,38-17-8-3-9-18-38)39-29-27-34(28-30-39)33-23-25-35(26-24-33)40-31-32-43-41-19-10-11-21-44(41)47(36-13-4-1-5-14-36,37-15-6-2-7-16-37)45-22-12-20-42(40)46(43)45/h1-32H. The molecular weight excluding hydrogens is 629 g/mol. The van der Waals surface area contributed by atoms with E-state index >= 15 is 0 Å². The van der Waals surface area contributed by atoms with Crippen molar-refractivity contribution in [1.29, 1.82) is 0 Å². The van der Waals surface area contributed by atoms with Crippen molar-refractivity contribution < 1.29 is 8.42 Å². The van der Waals surface area contributed by atoms with Crippen LogP contribution in [0.5, 0.6) is 0 Å². The van der Waals surface area contributed by atoms with E-state index in [1.807, 2.05) is 18.2 Å². The molecule has 3 heteroatoms. The maximum Gasteiger partial charge on any atom is 0.206 e. The first-order chi connectivity index (χ1) is 24.6. The molecule has 0 radical (unpaired) electrons. The van der Waals surface area contributed by atoms with E-state index in [1.54, 1.807) is 36.4 Å². The average Bonchev–Trinajstić information content (AvgIpc) is 3.19. The van der Waals surface area contributed by atoms with Gasteiger partial charge in [0.25, 0.3) is 0 Å². The van der Waals surface area contributed by atoms with E-state index in [4.69, 9.17) is 0 Å². The van der Waals surface area contributed by atoms with Gasteiger partial charge in [0, 0.05) is 0 Å². The zero-order valence-electron chi connectivity index (χ0n) is 27.2. The highest BCUT2D eigenvalue weighted by Crippen LogP contribution is 2.56. The molecule has 2 nitrogen and oxygen atoms in total. The number of hydrogen-bond acceptors (Lipinski definition) is 2. The highest BCUT2D eigenvalue weighted by Gasteiger charge is 2.44. The number of rotatable bonds is 6. The van der Waals surface area contributed by atoms with Crippen molar-refractivity contribution in [3.8, 4) is 33.4 Å². The molecule has 0 atom stereocenters. The van der Waals surface area contributed by atoms with Gasteiger partial charge in [-0.2, -0.15) is 0 Å². The van der Waals surface area contributed by atoms with Gasteiger partial charge >= 0.3 is 0 Å². The lowest BCUT2D eigenvalue weighted by molar-refractivity contribution is 0.596. The van der Waals surface area contributed by atoms with Crippen LogP contribution in [0.3, 0.4) is 0 Å². The molecule has 0 bridgehead atoms. The molecule has 8 aromatic carbocycles. The summed E-state index contributed by atoms with van der Waals surface area (Å²) in [5.41, 5.74) is 11.4. The van der Waals surface area contributed by atoms with Gasteiger partial charge in [-0.05, 0) is 90.7 Å². The van der Waals surface area contributed by atoms with Crippen LogP contribution in [-0.4, -0.2) is 8.42 Å². The molecule has 0 spiro atoms. The monoisotopic (exact) mass is 660 g/mol. The first-order valence-electron chi connectivity index (χ1n) is 16.8. The maximum atomic E-state index is 13.1. The maximum absolute atomic E-state index is 13.1. The zero-order chi connectivity index (χ0) is 33.7. The van der Waals surface area contributed by atoms with Gasteiger partial charge in [0.15, 0.2) is 0 Å². The summed E-state index contributed by atoms with van der Waals surface area (Å²) in [4.78, 5) is 0.586. The molecule has 0 saturated heterocycles. The Hall–Kier alpha value is -6.03. The quantitative estimate of drug-likeness (QED) is 0.178. The van der Waals surface area contributed by atoms with Crippen LogP contribution in [0, 0.1) is 0 Å². The van der Waals surface area contributed by atoms with Crippen molar-refractivity contribution in [1.82, 2.24) is 0 Å². The molecule has 1 aliphatic rings. The van der Waals surface area contributed by atoms with E-state index < -0.39 is 15.3 Å². The molecule has 0 amide bonds. The molecule has 0 aliphatic heterocycles. The van der Waals surface area contributed by atoms with Crippen LogP contribution >= 0.6 is 0 Å². The van der Waals surface area contributed by atoms with Crippen LogP contribution in [0.1, 0.15) is 22.3 Å². The van der Waals surface area contributed by atoms with E-state index in [1.165, 1.54) is 49.7 Å². The molecule has 9 rings (SSSR count). The third-order valence-electron chi connectivity index (χ3n) is 10.2. The van der Waals surface area contributed by atoms with E-state index in [0.29, 0.717) is 4.90 Å². The Bertz CT molecular complexity index is 2570. The van der Waals surface area contributed by atoms with Crippen LogP contribution in [0.2, 0.25) is 0 Å². The Kier molecular flexibility index (Phi) is 7.12. The van der Waals surface area contributed by atoms with Gasteiger partial charge in [0.1, 0.15) is 0 Å². The second kappa shape index (κ2) is 11.8. The summed E-state index contributed by atoms with van der Waals surface area (Å²) >= 11 is 0. The number of sulfone groups is 1. The second-order valence-corrected chi connectivity index (χ2v) is 14.8. The summed E-state index contributed by atoms with van der Waals surface area (Å²) in [6, 6.07) is 66.4. The molecular formula is C47H32O2S. The van der Waals surface area contributed by atoms with E-state index in [0.717, 1.165) is 16.7 Å². The fraction of sp³-hybridized carbons (Fsp3) is 0.0213. The fourth-order valence-corrected chi connectivity index (χ4v) is 9.24. The third kappa shape index (κ3) is 4.58. The lowest BCUT2D eigenvalue weighted by Crippen LogP contribution is -2.33. The highest BCUT2D eigenvalue weighted by atomic mass is 32.2. The molecule has 50 heavy (non-hydrogen) atoms. The molecule has 0 aromatic heterocycles. The van der Waals surface area contributed by atoms with Crippen molar-refractivity contribution in [2.24, 2.45) is 0 Å². The third-order valence-corrected chi connectivity index (χ3v) is 12.0. The van der Waals surface area contributed by atoms with Gasteiger partial charge < -0.3 is 0 Å². The minimum Gasteiger partial charge on any atom is -0.219 e. The van der Waals surface area contributed by atoms with Gasteiger partial charge in [-0.3, -0.25) is 0 Å². The Morgan fingerprint density at radius 2 is 0.820 bits per heavy atom. The van der Waals surface area contributed by atoms with Crippen LogP contribution < -0.4 is 0 Å². The van der Waals surface area contributed by atoms with E-state index in [2.05, 4.69) is 140 Å². The summed E-state index contributed by atoms with van der Waals surface area (Å²) < 4.78 is 26.3. The van der Waals surface area contributed by atoms with Gasteiger partial charge in [-0.15, -0.1) is 0 Å². The summed E-state index contributed by atoms with van der Waals surface area (Å²) in [6.45, 7) is 0. The summed E-state index contributed by atoms with van der Waals surface area (Å²) in [6.07, 6.45) is 0. The number of fused-ring (bicyclic) bond motifs is 2. The van der Waals surface area contributed by atoms with Gasteiger partial charge in [0.05, 0.1) is 15.2 Å². The van der Waals surface area contributed by atoms with Crippen molar-refractivity contribution in [2.75, 3.05) is 0 Å². The molecule has 8 aromatic rings. The first-order valence-corrected chi connectivity index (χ1v) is 18.3. The predicted octanol–water partition coefficient (Wildman–Crippen LogP) is 11.4. The van der Waals surface area contributed by atoms with E-state index in [-0.39, 0.29) is 4.90 Å². The first kappa shape index (κ1) is 30.1. The van der Waals surface area contributed by atoms with Crippen LogP contribution in [0.15, 0.2) is 204 Å². The Morgan fingerprint density at radius 1 is 0.340 bits per heavy atom. The number of benzene rings is 8. The summed E-state index contributed by atoms with van der Waals surface area (Å²) in [5, 5.41) is 2.49. The molecule has 0 unspecified atom stereocenters. The minimum atomic E-state index is -3.57. The molecule has 1 aliphatic carbocycles. The van der Waals surface area contributed by atoms with Gasteiger partial charge in [0.2, 0.25) is 9.84 Å². The Balaban J connectivity index is 1.18. The van der Waals surface area contributed by atoms with Crippen molar-refractivity contribution in [3.05, 3.63) is 216 Å². The molecule has 0 fully saturated rings. The van der Waals surface area contributed by atoms with Crippen molar-refractivity contribution in [2.45, 2.75) is 15.2 Å². The zero-order valence-corrected chi connectivity index (χ0v) is 28.0. The summed E-state index contributed by atoms with van der Waals surface area (Å²) in [5.74, 6) is 0. The van der Waals surface area contributed by atoms with Crippen molar-refractivity contribution in [3.63, 3.8) is 0 Å². The van der Waals surface area contributed by atoms with Gasteiger partial charge in [-0.1, -0.05) is 170 Å². The number of hydrogen-bond donors (Lipinski definition) is 0. The van der Waals surface area contributed by atoms with Crippen LogP contribution in [0.4, 0.5) is 0 Å². The molecule has 0 N–H and O–H groups in total. The second-order valence-electron chi connectivity index (χ2n) is 12.8. The lowest BCUT2D eigenvalue weighted by Gasteiger charge is -2.42. The largest absolute Gasteiger partial charge is 0.219 e. The molecule has 0 saturated carbocycles. The topological polar surface area (TPSA) is 34.1 Å². The van der Waals surface area contributed by atoms with Crippen LogP contribution in [-0.2, 0) is 15.3 Å². The Labute approximate surface area is 292 Å². The predicted molar refractivity (Wildman–Crippen MR) is 204 cm³/mol. The normalized spacial score (nSPS) is 13.1.